The summed E-state index contributed by atoms with van der Waals surface area (Å²) in [5, 5.41) is 0. The van der Waals surface area contributed by atoms with Crippen LogP contribution in [0.4, 0.5) is 0 Å². The molecule has 0 bridgehead atoms. The predicted molar refractivity (Wildman–Crippen MR) is 129 cm³/mol. The van der Waals surface area contributed by atoms with Crippen LogP contribution in [0.2, 0.25) is 0 Å². The van der Waals surface area contributed by atoms with Crippen LogP contribution in [0.3, 0.4) is 0 Å². The Morgan fingerprint density at radius 1 is 0.500 bits per heavy atom. The molecule has 0 radical (unpaired) electrons. The van der Waals surface area contributed by atoms with E-state index in [0.29, 0.717) is 0 Å². The zero-order valence-corrected chi connectivity index (χ0v) is 22.3. The molecule has 4 aliphatic rings. The van der Waals surface area contributed by atoms with E-state index in [4.69, 9.17) is 51.8 Å². The molecular weight excluding hydrogens is 505 g/mol. The molecule has 0 N–H and O–H groups in total. The molecule has 4 rings (SSSR count). The van der Waals surface area contributed by atoms with E-state index >= 15 is 0 Å². The van der Waals surface area contributed by atoms with E-state index in [1.807, 2.05) is 0 Å². The smallest absolute Gasteiger partial charge is 0.312 e. The highest BCUT2D eigenvalue weighted by atomic mass is 35.9. The summed E-state index contributed by atoms with van der Waals surface area (Å²) in [6, 6.07) is 0. The lowest BCUT2D eigenvalue weighted by molar-refractivity contribution is 0.0970. The van der Waals surface area contributed by atoms with Crippen molar-refractivity contribution >= 4 is 54.1 Å². The van der Waals surface area contributed by atoms with Crippen molar-refractivity contribution in [1.82, 2.24) is 0 Å². The van der Waals surface area contributed by atoms with E-state index < -0.39 is 20.4 Å². The first-order valence-corrected chi connectivity index (χ1v) is 19.0. The molecule has 0 aromatic rings. The summed E-state index contributed by atoms with van der Waals surface area (Å²) in [5.74, 6) is -3.09. The first-order valence-electron chi connectivity index (χ1n) is 11.4. The molecule has 1 atom stereocenters. The van der Waals surface area contributed by atoms with E-state index in [9.17, 15) is 0 Å². The summed E-state index contributed by atoms with van der Waals surface area (Å²) < 4.78 is 33.4. The van der Waals surface area contributed by atoms with Crippen molar-refractivity contribution in [2.75, 3.05) is 0 Å². The summed E-state index contributed by atoms with van der Waals surface area (Å²) in [7, 11) is -3.10. The minimum absolute atomic E-state index is 0.0368. The van der Waals surface area contributed by atoms with Crippen LogP contribution in [0.1, 0.15) is 96.3 Å². The van der Waals surface area contributed by atoms with Gasteiger partial charge in [0.1, 0.15) is 0 Å². The van der Waals surface area contributed by atoms with Crippen LogP contribution in [-0.2, 0) is 13.6 Å². The van der Waals surface area contributed by atoms with Crippen molar-refractivity contribution in [3.8, 4) is 0 Å². The highest BCUT2D eigenvalue weighted by Crippen LogP contribution is 2.85. The van der Waals surface area contributed by atoms with Gasteiger partial charge in [0.05, 0.1) is 18.3 Å². The molecule has 0 spiro atoms. The first-order chi connectivity index (χ1) is 14.4. The van der Waals surface area contributed by atoms with Crippen LogP contribution in [0.5, 0.6) is 0 Å². The molecule has 6 nitrogen and oxygen atoms in total. The predicted octanol–water partition coefficient (Wildman–Crippen LogP) is 10.6. The Labute approximate surface area is 195 Å². The van der Waals surface area contributed by atoms with Crippen molar-refractivity contribution in [1.29, 1.82) is 0 Å². The van der Waals surface area contributed by atoms with Crippen molar-refractivity contribution < 1.29 is 13.6 Å². The Bertz CT molecular complexity index is 734. The number of hydrogen-bond acceptors (Lipinski definition) is 6. The summed E-state index contributed by atoms with van der Waals surface area (Å²) in [4.78, 5) is 0. The van der Waals surface area contributed by atoms with Crippen LogP contribution in [0, 0.1) is 0 Å². The molecule has 1 aliphatic heterocycles. The van der Waals surface area contributed by atoms with Gasteiger partial charge in [0.25, 0.3) is 5.91 Å². The van der Waals surface area contributed by atoms with Gasteiger partial charge in [-0.2, -0.15) is 13.5 Å². The lowest BCUT2D eigenvalue weighted by Crippen LogP contribution is -2.20. The molecule has 30 heavy (non-hydrogen) atoms. The van der Waals surface area contributed by atoms with Gasteiger partial charge in [-0.15, -0.1) is 0 Å². The van der Waals surface area contributed by atoms with Gasteiger partial charge in [-0.3, -0.25) is 0 Å². The molecule has 1 unspecified atom stereocenters. The van der Waals surface area contributed by atoms with E-state index in [0.717, 1.165) is 77.0 Å². The maximum atomic E-state index is 6.93. The average molecular weight is 539 g/mol. The zero-order valence-electron chi connectivity index (χ0n) is 17.4. The van der Waals surface area contributed by atoms with Gasteiger partial charge in [0, 0.05) is 0 Å². The molecular formula is C18H33Cl3N3O3P3. The molecule has 3 fully saturated rings. The molecule has 1 heterocycles. The first kappa shape index (κ1) is 24.6. The third-order valence-electron chi connectivity index (χ3n) is 6.17. The lowest BCUT2D eigenvalue weighted by atomic mass is 9.98. The Morgan fingerprint density at radius 2 is 0.900 bits per heavy atom. The molecule has 0 aromatic heterocycles. The topological polar surface area (TPSA) is 64.8 Å². The molecule has 174 valence electrons. The fourth-order valence-corrected chi connectivity index (χ4v) is 18.0. The number of nitrogens with zero attached hydrogens (tertiary/aromatic N) is 3. The molecule has 3 aliphatic carbocycles. The fourth-order valence-electron chi connectivity index (χ4n) is 4.70. The van der Waals surface area contributed by atoms with Gasteiger partial charge in [-0.05, 0) is 72.2 Å². The second kappa shape index (κ2) is 10.8. The molecule has 3 saturated carbocycles. The highest BCUT2D eigenvalue weighted by molar-refractivity contribution is 8.14. The number of rotatable bonds is 6. The normalized spacial score (nSPS) is 33.3. The summed E-state index contributed by atoms with van der Waals surface area (Å²) in [5.41, 5.74) is 0. The monoisotopic (exact) mass is 537 g/mol. The molecule has 0 aromatic carbocycles. The average Bonchev–Trinajstić information content (AvgIpc) is 2.68. The Balaban J connectivity index is 1.66. The van der Waals surface area contributed by atoms with Gasteiger partial charge in [-0.1, -0.05) is 57.8 Å². The standard InChI is InChI=1S/C18H33Cl3N3O3P3/c19-28(20)22-29(21,25-16-10-4-1-5-11-16)24-30(23-28,26-17-12-6-2-7-13-17)27-18-14-8-3-9-15-18/h16-18H,1-15H2. The van der Waals surface area contributed by atoms with Crippen LogP contribution in [0.25, 0.3) is 0 Å². The molecule has 0 saturated heterocycles. The Hall–Kier alpha value is 1.44. The minimum atomic E-state index is -3.10. The van der Waals surface area contributed by atoms with Crippen LogP contribution in [0.15, 0.2) is 13.5 Å². The van der Waals surface area contributed by atoms with E-state index in [1.54, 1.807) is 0 Å². The quantitative estimate of drug-likeness (QED) is 0.316. The van der Waals surface area contributed by atoms with Gasteiger partial charge >= 0.3 is 14.4 Å². The van der Waals surface area contributed by atoms with E-state index in [-0.39, 0.29) is 18.3 Å². The van der Waals surface area contributed by atoms with Crippen molar-refractivity contribution in [2.24, 2.45) is 13.5 Å². The molecule has 12 heteroatoms. The second-order valence-electron chi connectivity index (χ2n) is 8.78. The Kier molecular flexibility index (Phi) is 8.84. The van der Waals surface area contributed by atoms with Gasteiger partial charge in [0.2, 0.25) is 0 Å². The minimum Gasteiger partial charge on any atom is -0.312 e. The summed E-state index contributed by atoms with van der Waals surface area (Å²) >= 11 is 20.2. The summed E-state index contributed by atoms with van der Waals surface area (Å²) in [6.45, 7) is -3.10. The van der Waals surface area contributed by atoms with Crippen molar-refractivity contribution in [2.45, 2.75) is 115 Å². The lowest BCUT2D eigenvalue weighted by Gasteiger charge is -2.35. The molecule has 0 amide bonds. The van der Waals surface area contributed by atoms with Crippen LogP contribution >= 0.6 is 54.1 Å². The van der Waals surface area contributed by atoms with Crippen LogP contribution < -0.4 is 0 Å². The SMILES string of the molecule is ClP1(Cl)=NP(OC2CCCCC2)(OC2CCCCC2)=NP(Cl)(OC2CCCCC2)=N1. The Morgan fingerprint density at radius 3 is 1.33 bits per heavy atom. The second-order valence-corrected chi connectivity index (χ2v) is 19.1. The van der Waals surface area contributed by atoms with E-state index in [1.165, 1.54) is 19.3 Å². The van der Waals surface area contributed by atoms with Crippen LogP contribution in [-0.4, -0.2) is 18.3 Å². The highest BCUT2D eigenvalue weighted by Gasteiger charge is 2.42. The third-order valence-corrected chi connectivity index (χ3v) is 17.1. The third kappa shape index (κ3) is 6.97. The van der Waals surface area contributed by atoms with E-state index in [2.05, 4.69) is 9.03 Å². The maximum absolute atomic E-state index is 6.93. The van der Waals surface area contributed by atoms with Crippen molar-refractivity contribution in [3.05, 3.63) is 0 Å². The number of halogens is 3. The van der Waals surface area contributed by atoms with Crippen molar-refractivity contribution in [3.63, 3.8) is 0 Å². The largest absolute Gasteiger partial charge is 0.346 e. The maximum Gasteiger partial charge on any atom is 0.346 e. The number of hydrogen-bond donors (Lipinski definition) is 0. The fraction of sp³-hybridized carbons (Fsp3) is 1.00. The van der Waals surface area contributed by atoms with Gasteiger partial charge in [-0.25, -0.2) is 0 Å². The summed E-state index contributed by atoms with van der Waals surface area (Å²) in [6.07, 6.45) is 16.5. The van der Waals surface area contributed by atoms with Gasteiger partial charge in [0.15, 0.2) is 0 Å². The van der Waals surface area contributed by atoms with Gasteiger partial charge < -0.3 is 13.6 Å². The zero-order chi connectivity index (χ0) is 21.1.